The van der Waals surface area contributed by atoms with Crippen LogP contribution in [0.4, 0.5) is 5.82 Å². The summed E-state index contributed by atoms with van der Waals surface area (Å²) in [6.45, 7) is 7.41. The molecule has 8 nitrogen and oxygen atoms in total. The third-order valence-corrected chi connectivity index (χ3v) is 5.65. The van der Waals surface area contributed by atoms with Crippen molar-refractivity contribution in [1.29, 1.82) is 0 Å². The largest absolute Gasteiger partial charge is 0.377 e. The molecule has 2 aliphatic heterocycles. The molecule has 1 N–H and O–H groups in total. The quantitative estimate of drug-likeness (QED) is 0.884. The van der Waals surface area contributed by atoms with E-state index in [2.05, 4.69) is 25.1 Å². The Kier molecular flexibility index (Phi) is 5.07. The second-order valence-corrected chi connectivity index (χ2v) is 7.29. The zero-order valence-electron chi connectivity index (χ0n) is 15.9. The molecule has 2 aliphatic rings. The molecular formula is C19H26N6O2. The third kappa shape index (κ3) is 3.53. The van der Waals surface area contributed by atoms with Gasteiger partial charge in [-0.25, -0.2) is 4.98 Å². The van der Waals surface area contributed by atoms with Gasteiger partial charge < -0.3 is 14.5 Å². The number of rotatable bonds is 3. The van der Waals surface area contributed by atoms with Crippen LogP contribution in [0.5, 0.6) is 0 Å². The maximum Gasteiger partial charge on any atom is 0.226 e. The van der Waals surface area contributed by atoms with E-state index in [1.54, 1.807) is 18.6 Å². The SMILES string of the molecule is Cc1n[nH]c(C)c1C1COCCN1C(=O)C1CCN(c2cnccn2)CC1. The van der Waals surface area contributed by atoms with Gasteiger partial charge in [-0.3, -0.25) is 14.9 Å². The number of carbonyl (C=O) groups excluding carboxylic acids is 1. The van der Waals surface area contributed by atoms with Crippen molar-refractivity contribution in [3.8, 4) is 0 Å². The van der Waals surface area contributed by atoms with Gasteiger partial charge >= 0.3 is 0 Å². The van der Waals surface area contributed by atoms with Gasteiger partial charge in [0.2, 0.25) is 5.91 Å². The van der Waals surface area contributed by atoms with Crippen LogP contribution in [0.15, 0.2) is 18.6 Å². The summed E-state index contributed by atoms with van der Waals surface area (Å²) in [5.41, 5.74) is 3.05. The van der Waals surface area contributed by atoms with Crippen LogP contribution in [0.1, 0.15) is 35.8 Å². The Hall–Kier alpha value is -2.48. The minimum Gasteiger partial charge on any atom is -0.377 e. The Morgan fingerprint density at radius 3 is 2.70 bits per heavy atom. The Morgan fingerprint density at radius 2 is 2.04 bits per heavy atom. The van der Waals surface area contributed by atoms with E-state index in [0.717, 1.165) is 48.7 Å². The van der Waals surface area contributed by atoms with E-state index >= 15 is 0 Å². The van der Waals surface area contributed by atoms with Crippen LogP contribution in [0, 0.1) is 19.8 Å². The van der Waals surface area contributed by atoms with Crippen LogP contribution >= 0.6 is 0 Å². The lowest BCUT2D eigenvalue weighted by Crippen LogP contribution is -2.48. The molecule has 1 atom stereocenters. The number of piperidine rings is 1. The molecule has 0 spiro atoms. The van der Waals surface area contributed by atoms with E-state index < -0.39 is 0 Å². The standard InChI is InChI=1S/C19H26N6O2/c1-13-18(14(2)23-22-13)16-12-27-10-9-25(16)19(26)15-3-7-24(8-4-15)17-11-20-5-6-21-17/h5-6,11,15-16H,3-4,7-10,12H2,1-2H3,(H,22,23). The molecule has 2 aromatic heterocycles. The molecule has 144 valence electrons. The van der Waals surface area contributed by atoms with E-state index in [1.807, 2.05) is 18.7 Å². The number of aromatic nitrogens is 4. The Bertz CT molecular complexity index is 765. The number of hydrogen-bond donors (Lipinski definition) is 1. The van der Waals surface area contributed by atoms with Gasteiger partial charge in [-0.1, -0.05) is 0 Å². The van der Waals surface area contributed by atoms with Crippen molar-refractivity contribution in [2.24, 2.45) is 5.92 Å². The van der Waals surface area contributed by atoms with Crippen molar-refractivity contribution in [1.82, 2.24) is 25.1 Å². The number of aromatic amines is 1. The summed E-state index contributed by atoms with van der Waals surface area (Å²) < 4.78 is 5.70. The van der Waals surface area contributed by atoms with E-state index in [0.29, 0.717) is 19.8 Å². The van der Waals surface area contributed by atoms with Crippen LogP contribution in [0.2, 0.25) is 0 Å². The molecule has 0 saturated carbocycles. The molecule has 0 radical (unpaired) electrons. The third-order valence-electron chi connectivity index (χ3n) is 5.65. The minimum atomic E-state index is -0.0528. The maximum atomic E-state index is 13.3. The molecule has 1 amide bonds. The molecule has 8 heteroatoms. The van der Waals surface area contributed by atoms with Gasteiger partial charge in [0.1, 0.15) is 5.82 Å². The summed E-state index contributed by atoms with van der Waals surface area (Å²) in [5.74, 6) is 1.17. The summed E-state index contributed by atoms with van der Waals surface area (Å²) in [6, 6.07) is -0.0528. The van der Waals surface area contributed by atoms with Crippen LogP contribution in [0.25, 0.3) is 0 Å². The first-order valence-corrected chi connectivity index (χ1v) is 9.56. The summed E-state index contributed by atoms with van der Waals surface area (Å²) in [6.07, 6.45) is 6.84. The fraction of sp³-hybridized carbons (Fsp3) is 0.579. The van der Waals surface area contributed by atoms with E-state index in [4.69, 9.17) is 4.74 Å². The van der Waals surface area contributed by atoms with Gasteiger partial charge in [-0.15, -0.1) is 0 Å². The Balaban J connectivity index is 1.45. The van der Waals surface area contributed by atoms with Gasteiger partial charge in [0.05, 0.1) is 31.1 Å². The highest BCUT2D eigenvalue weighted by Gasteiger charge is 2.36. The van der Waals surface area contributed by atoms with Gasteiger partial charge in [0, 0.05) is 49.2 Å². The van der Waals surface area contributed by atoms with Crippen molar-refractivity contribution in [3.63, 3.8) is 0 Å². The average molecular weight is 370 g/mol. The number of nitrogens with one attached hydrogen (secondary N) is 1. The molecule has 2 aromatic rings. The lowest BCUT2D eigenvalue weighted by molar-refractivity contribution is -0.145. The Morgan fingerprint density at radius 1 is 1.22 bits per heavy atom. The topological polar surface area (TPSA) is 87.2 Å². The lowest BCUT2D eigenvalue weighted by atomic mass is 9.93. The number of H-pyrrole nitrogens is 1. The van der Waals surface area contributed by atoms with Crippen LogP contribution in [-0.2, 0) is 9.53 Å². The van der Waals surface area contributed by atoms with Crippen molar-refractivity contribution in [2.75, 3.05) is 37.7 Å². The highest BCUT2D eigenvalue weighted by molar-refractivity contribution is 5.80. The highest BCUT2D eigenvalue weighted by Crippen LogP contribution is 2.32. The van der Waals surface area contributed by atoms with Crippen molar-refractivity contribution < 1.29 is 9.53 Å². The van der Waals surface area contributed by atoms with E-state index in [9.17, 15) is 4.79 Å². The monoisotopic (exact) mass is 370 g/mol. The van der Waals surface area contributed by atoms with Crippen molar-refractivity contribution in [3.05, 3.63) is 35.5 Å². The number of nitrogens with zero attached hydrogens (tertiary/aromatic N) is 5. The van der Waals surface area contributed by atoms with E-state index in [1.165, 1.54) is 0 Å². The molecule has 27 heavy (non-hydrogen) atoms. The molecule has 1 unspecified atom stereocenters. The number of carbonyl (C=O) groups is 1. The predicted octanol–water partition coefficient (Wildman–Crippen LogP) is 1.63. The average Bonchev–Trinajstić information content (AvgIpc) is 3.06. The molecule has 0 aliphatic carbocycles. The molecule has 4 rings (SSSR count). The van der Waals surface area contributed by atoms with Gasteiger partial charge in [0.15, 0.2) is 0 Å². The summed E-state index contributed by atoms with van der Waals surface area (Å²) in [5, 5.41) is 7.34. The number of hydrogen-bond acceptors (Lipinski definition) is 6. The van der Waals surface area contributed by atoms with Crippen LogP contribution < -0.4 is 4.90 Å². The smallest absolute Gasteiger partial charge is 0.226 e. The zero-order valence-corrected chi connectivity index (χ0v) is 15.9. The molecule has 2 saturated heterocycles. The van der Waals surface area contributed by atoms with Crippen LogP contribution in [0.3, 0.4) is 0 Å². The van der Waals surface area contributed by atoms with Crippen molar-refractivity contribution in [2.45, 2.75) is 32.7 Å². The highest BCUT2D eigenvalue weighted by atomic mass is 16.5. The second kappa shape index (κ2) is 7.64. The first-order chi connectivity index (χ1) is 13.1. The maximum absolute atomic E-state index is 13.3. The molecule has 0 aromatic carbocycles. The zero-order chi connectivity index (χ0) is 18.8. The summed E-state index contributed by atoms with van der Waals surface area (Å²) in [4.78, 5) is 26.0. The van der Waals surface area contributed by atoms with Crippen molar-refractivity contribution >= 4 is 11.7 Å². The number of morpholine rings is 1. The minimum absolute atomic E-state index is 0.0473. The van der Waals surface area contributed by atoms with Gasteiger partial charge in [-0.05, 0) is 26.7 Å². The second-order valence-electron chi connectivity index (χ2n) is 7.29. The molecule has 0 bridgehead atoms. The normalized spacial score (nSPS) is 21.5. The number of ether oxygens (including phenoxy) is 1. The molecule has 4 heterocycles. The molecular weight excluding hydrogens is 344 g/mol. The summed E-state index contributed by atoms with van der Waals surface area (Å²) >= 11 is 0. The van der Waals surface area contributed by atoms with E-state index in [-0.39, 0.29) is 17.9 Å². The fourth-order valence-corrected chi connectivity index (χ4v) is 4.20. The lowest BCUT2D eigenvalue weighted by Gasteiger charge is -2.40. The predicted molar refractivity (Wildman–Crippen MR) is 100 cm³/mol. The van der Waals surface area contributed by atoms with Gasteiger partial charge in [-0.2, -0.15) is 5.10 Å². The van der Waals surface area contributed by atoms with Gasteiger partial charge in [0.25, 0.3) is 0 Å². The Labute approximate surface area is 158 Å². The number of aryl methyl sites for hydroxylation is 2. The first-order valence-electron chi connectivity index (χ1n) is 9.56. The first kappa shape index (κ1) is 17.9. The van der Waals surface area contributed by atoms with Crippen LogP contribution in [-0.4, -0.2) is 63.8 Å². The molecule has 2 fully saturated rings. The number of amides is 1. The fourth-order valence-electron chi connectivity index (χ4n) is 4.20. The summed E-state index contributed by atoms with van der Waals surface area (Å²) in [7, 11) is 0. The number of anilines is 1.